The fourth-order valence-electron chi connectivity index (χ4n) is 5.53. The summed E-state index contributed by atoms with van der Waals surface area (Å²) >= 11 is 0. The molecule has 8 bridgehead atoms. The molecule has 5 rings (SSSR count). The molecule has 4 aromatic carbocycles. The van der Waals surface area contributed by atoms with Gasteiger partial charge in [-0.15, -0.1) is 0 Å². The molecular weight excluding hydrogens is 562 g/mol. The molecule has 0 saturated carbocycles. The van der Waals surface area contributed by atoms with Crippen LogP contribution in [0.1, 0.15) is 77.1 Å². The summed E-state index contributed by atoms with van der Waals surface area (Å²) in [5, 5.41) is 48.2. The molecule has 4 aromatic rings. The van der Waals surface area contributed by atoms with E-state index in [2.05, 4.69) is 12.1 Å². The van der Waals surface area contributed by atoms with Crippen molar-refractivity contribution in [2.75, 3.05) is 13.2 Å². The van der Waals surface area contributed by atoms with Crippen LogP contribution in [-0.4, -0.2) is 23.4 Å². The third kappa shape index (κ3) is 8.35. The van der Waals surface area contributed by atoms with Crippen molar-refractivity contribution in [3.05, 3.63) is 117 Å². The summed E-state index contributed by atoms with van der Waals surface area (Å²) in [6, 6.07) is 29.7. The number of phenols is 2. The molecule has 7 nitrogen and oxygen atoms in total. The lowest BCUT2D eigenvalue weighted by Crippen LogP contribution is -2.07. The van der Waals surface area contributed by atoms with Gasteiger partial charge >= 0.3 is 0 Å². The van der Waals surface area contributed by atoms with E-state index in [1.165, 1.54) is 6.92 Å². The van der Waals surface area contributed by atoms with Crippen LogP contribution in [0.2, 0.25) is 0 Å². The second-order valence-corrected chi connectivity index (χ2v) is 10.8. The number of fused-ring (bicyclic) bond motifs is 8. The first-order valence-electron chi connectivity index (χ1n) is 15.1. The Balaban J connectivity index is 0.00000148. The zero-order valence-corrected chi connectivity index (χ0v) is 25.6. The van der Waals surface area contributed by atoms with E-state index < -0.39 is 0 Å². The highest BCUT2D eigenvalue weighted by atomic mass is 16.5. The summed E-state index contributed by atoms with van der Waals surface area (Å²) in [7, 11) is 0. The average Bonchev–Trinajstić information content (AvgIpc) is 3.03. The summed E-state index contributed by atoms with van der Waals surface area (Å²) in [6.45, 7) is 2.24. The van der Waals surface area contributed by atoms with Crippen LogP contribution in [0.3, 0.4) is 0 Å². The molecular formula is C38H37N3O4. The predicted octanol–water partition coefficient (Wildman–Crippen LogP) is 7.67. The molecule has 0 heterocycles. The lowest BCUT2D eigenvalue weighted by molar-refractivity contribution is 0.307. The minimum Gasteiger partial charge on any atom is -0.507 e. The van der Waals surface area contributed by atoms with Crippen LogP contribution in [0.5, 0.6) is 23.0 Å². The van der Waals surface area contributed by atoms with Crippen LogP contribution in [0.4, 0.5) is 0 Å². The van der Waals surface area contributed by atoms with Crippen LogP contribution < -0.4 is 9.47 Å². The van der Waals surface area contributed by atoms with Crippen molar-refractivity contribution in [2.45, 2.75) is 58.3 Å². The average molecular weight is 600 g/mol. The maximum atomic E-state index is 11.4. The minimum absolute atomic E-state index is 0.245. The second kappa shape index (κ2) is 16.4. The molecule has 1 aliphatic rings. The van der Waals surface area contributed by atoms with Crippen molar-refractivity contribution in [1.29, 1.82) is 15.8 Å². The zero-order valence-electron chi connectivity index (χ0n) is 25.6. The quantitative estimate of drug-likeness (QED) is 0.175. The number of nitriles is 3. The van der Waals surface area contributed by atoms with Gasteiger partial charge in [-0.25, -0.2) is 0 Å². The minimum atomic E-state index is 0.245. The third-order valence-electron chi connectivity index (χ3n) is 7.64. The molecule has 0 aliphatic heterocycles. The molecule has 0 aromatic heterocycles. The van der Waals surface area contributed by atoms with Gasteiger partial charge in [-0.3, -0.25) is 0 Å². The molecule has 0 fully saturated rings. The van der Waals surface area contributed by atoms with E-state index in [0.29, 0.717) is 64.6 Å². The van der Waals surface area contributed by atoms with Crippen molar-refractivity contribution in [3.8, 4) is 41.2 Å². The van der Waals surface area contributed by atoms with Crippen molar-refractivity contribution in [3.63, 3.8) is 0 Å². The Hall–Kier alpha value is -5.45. The number of para-hydroxylation sites is 4. The van der Waals surface area contributed by atoms with Crippen molar-refractivity contribution in [2.24, 2.45) is 0 Å². The number of ether oxygens (including phenoxy) is 2. The molecule has 7 heteroatoms. The molecule has 0 spiro atoms. The SMILES string of the molecule is CC#N.N#CCCCOc1c2cccc1Cc1cccc(c1O)Cc1cccc(c1OCCCC#N)Cc1cccc(c1O)C2. The fraction of sp³-hybridized carbons (Fsp3) is 0.289. The van der Waals surface area contributed by atoms with E-state index in [4.69, 9.17) is 25.3 Å². The molecule has 228 valence electrons. The normalized spacial score (nSPS) is 11.5. The maximum absolute atomic E-state index is 11.4. The van der Waals surface area contributed by atoms with Crippen LogP contribution in [0.15, 0.2) is 72.8 Å². The van der Waals surface area contributed by atoms with Gasteiger partial charge in [0.1, 0.15) is 23.0 Å². The fourth-order valence-corrected chi connectivity index (χ4v) is 5.53. The molecule has 0 atom stereocenters. The van der Waals surface area contributed by atoms with E-state index in [1.54, 1.807) is 6.07 Å². The van der Waals surface area contributed by atoms with Gasteiger partial charge in [-0.1, -0.05) is 72.8 Å². The number of benzene rings is 4. The number of phenolic OH excluding ortho intramolecular Hbond substituents is 2. The Morgan fingerprint density at radius 3 is 1.07 bits per heavy atom. The topological polar surface area (TPSA) is 130 Å². The van der Waals surface area contributed by atoms with Gasteiger partial charge in [-0.2, -0.15) is 15.8 Å². The van der Waals surface area contributed by atoms with Crippen molar-refractivity contribution < 1.29 is 19.7 Å². The first-order chi connectivity index (χ1) is 22.0. The monoisotopic (exact) mass is 599 g/mol. The summed E-state index contributed by atoms with van der Waals surface area (Å²) in [6.07, 6.45) is 3.90. The Morgan fingerprint density at radius 2 is 0.800 bits per heavy atom. The number of rotatable bonds is 8. The first kappa shape index (κ1) is 32.5. The third-order valence-corrected chi connectivity index (χ3v) is 7.64. The van der Waals surface area contributed by atoms with E-state index in [0.717, 1.165) is 56.0 Å². The number of aromatic hydroxyl groups is 2. The van der Waals surface area contributed by atoms with Gasteiger partial charge in [-0.05, 0) is 57.3 Å². The Kier molecular flexibility index (Phi) is 11.8. The van der Waals surface area contributed by atoms with Crippen LogP contribution in [0, 0.1) is 34.0 Å². The maximum Gasteiger partial charge on any atom is 0.126 e. The van der Waals surface area contributed by atoms with Crippen LogP contribution in [0.25, 0.3) is 0 Å². The smallest absolute Gasteiger partial charge is 0.126 e. The lowest BCUT2D eigenvalue weighted by Gasteiger charge is -2.20. The Bertz CT molecular complexity index is 1540. The number of nitrogens with zero attached hydrogens (tertiary/aromatic N) is 3. The number of hydrogen-bond acceptors (Lipinski definition) is 7. The standard InChI is InChI=1S/C36H34N2O4.C2H3N/c37-17-1-3-19-41-35-29-13-7-14-30(35)22-26-10-6-12-28(34(26)40)24-32-16-8-15-31(36(32)42-20-4-2-18-38)23-27-11-5-9-25(21-29)33(27)39;1-2-3/h5-16,39-40H,1-4,19-24H2;1H3. The van der Waals surface area contributed by atoms with Crippen LogP contribution >= 0.6 is 0 Å². The Labute approximate surface area is 265 Å². The van der Waals surface area contributed by atoms with Gasteiger partial charge in [0.25, 0.3) is 0 Å². The molecule has 0 radical (unpaired) electrons. The molecule has 0 amide bonds. The van der Waals surface area contributed by atoms with Gasteiger partial charge < -0.3 is 19.7 Å². The van der Waals surface area contributed by atoms with E-state index >= 15 is 0 Å². The predicted molar refractivity (Wildman–Crippen MR) is 172 cm³/mol. The van der Waals surface area contributed by atoms with E-state index in [9.17, 15) is 10.2 Å². The van der Waals surface area contributed by atoms with Crippen molar-refractivity contribution in [1.82, 2.24) is 0 Å². The summed E-state index contributed by atoms with van der Waals surface area (Å²) in [4.78, 5) is 0. The number of hydrogen-bond donors (Lipinski definition) is 2. The van der Waals surface area contributed by atoms with Gasteiger partial charge in [0.05, 0.1) is 31.4 Å². The molecule has 45 heavy (non-hydrogen) atoms. The first-order valence-corrected chi connectivity index (χ1v) is 15.1. The van der Waals surface area contributed by atoms with Gasteiger partial charge in [0.2, 0.25) is 0 Å². The largest absolute Gasteiger partial charge is 0.507 e. The van der Waals surface area contributed by atoms with E-state index in [1.807, 2.05) is 72.8 Å². The Morgan fingerprint density at radius 1 is 0.533 bits per heavy atom. The highest BCUT2D eigenvalue weighted by Crippen LogP contribution is 2.38. The van der Waals surface area contributed by atoms with Gasteiger partial charge in [0, 0.05) is 45.4 Å². The highest BCUT2D eigenvalue weighted by Gasteiger charge is 2.20. The second-order valence-electron chi connectivity index (χ2n) is 10.8. The highest BCUT2D eigenvalue weighted by molar-refractivity contribution is 5.55. The molecule has 0 saturated heterocycles. The molecule has 2 N–H and O–H groups in total. The summed E-state index contributed by atoms with van der Waals surface area (Å²) in [5.74, 6) is 1.95. The summed E-state index contributed by atoms with van der Waals surface area (Å²) < 4.78 is 12.6. The van der Waals surface area contributed by atoms with Crippen LogP contribution in [-0.2, 0) is 25.7 Å². The van der Waals surface area contributed by atoms with Gasteiger partial charge in [0.15, 0.2) is 0 Å². The molecule has 0 unspecified atom stereocenters. The zero-order chi connectivity index (χ0) is 32.0. The van der Waals surface area contributed by atoms with E-state index in [-0.39, 0.29) is 11.5 Å². The van der Waals surface area contributed by atoms with Crippen molar-refractivity contribution >= 4 is 0 Å². The molecule has 1 aliphatic carbocycles. The summed E-state index contributed by atoms with van der Waals surface area (Å²) in [5.41, 5.74) is 6.89. The number of unbranched alkanes of at least 4 members (excludes halogenated alkanes) is 2. The lowest BCUT2D eigenvalue weighted by atomic mass is 9.91.